The molecule has 0 radical (unpaired) electrons. The van der Waals surface area contributed by atoms with Crippen molar-refractivity contribution in [3.63, 3.8) is 0 Å². The lowest BCUT2D eigenvalue weighted by Crippen LogP contribution is -2.35. The summed E-state index contributed by atoms with van der Waals surface area (Å²) >= 11 is 0. The first-order valence-corrected chi connectivity index (χ1v) is 8.25. The van der Waals surface area contributed by atoms with Gasteiger partial charge in [-0.1, -0.05) is 12.5 Å². The second kappa shape index (κ2) is 9.18. The Morgan fingerprint density at radius 1 is 1.24 bits per heavy atom. The summed E-state index contributed by atoms with van der Waals surface area (Å²) in [5.74, 6) is -0.0180. The van der Waals surface area contributed by atoms with E-state index in [1.165, 1.54) is 25.3 Å². The average molecular weight is 296 g/mol. The Kier molecular flexibility index (Phi) is 7.19. The lowest BCUT2D eigenvalue weighted by molar-refractivity contribution is -0.124. The van der Waals surface area contributed by atoms with Gasteiger partial charge in [-0.3, -0.25) is 10.0 Å². The number of hydroxylamine groups is 1. The fourth-order valence-electron chi connectivity index (χ4n) is 3.26. The highest BCUT2D eigenvalue weighted by Crippen LogP contribution is 2.27. The van der Waals surface area contributed by atoms with Crippen molar-refractivity contribution in [2.24, 2.45) is 5.92 Å². The van der Waals surface area contributed by atoms with Crippen LogP contribution in [0, 0.1) is 5.92 Å². The van der Waals surface area contributed by atoms with E-state index in [1.807, 2.05) is 6.08 Å². The second-order valence-electron chi connectivity index (χ2n) is 6.18. The number of carbonyl (C=O) groups excluding carboxylic acids is 1. The van der Waals surface area contributed by atoms with Crippen molar-refractivity contribution in [1.29, 1.82) is 0 Å². The van der Waals surface area contributed by atoms with Crippen LogP contribution in [0.5, 0.6) is 0 Å². The van der Waals surface area contributed by atoms with Crippen LogP contribution in [-0.2, 0) is 9.53 Å². The molecule has 1 heterocycles. The number of carbonyl (C=O) groups is 1. The van der Waals surface area contributed by atoms with E-state index in [9.17, 15) is 4.79 Å². The van der Waals surface area contributed by atoms with Crippen molar-refractivity contribution in [3.05, 3.63) is 12.2 Å². The predicted octanol–water partition coefficient (Wildman–Crippen LogP) is 2.16. The van der Waals surface area contributed by atoms with E-state index in [0.717, 1.165) is 45.3 Å². The maximum Gasteiger partial charge on any atom is 0.267 e. The zero-order chi connectivity index (χ0) is 14.9. The lowest BCUT2D eigenvalue weighted by atomic mass is 9.87. The first kappa shape index (κ1) is 16.5. The minimum Gasteiger partial charge on any atom is -0.378 e. The largest absolute Gasteiger partial charge is 0.378 e. The van der Waals surface area contributed by atoms with Crippen molar-refractivity contribution in [2.45, 2.75) is 63.5 Å². The molecule has 1 aliphatic carbocycles. The Morgan fingerprint density at radius 2 is 2.05 bits per heavy atom. The first-order chi connectivity index (χ1) is 10.3. The van der Waals surface area contributed by atoms with Crippen molar-refractivity contribution in [1.82, 2.24) is 10.8 Å². The summed E-state index contributed by atoms with van der Waals surface area (Å²) in [5, 5.41) is 12.0. The van der Waals surface area contributed by atoms with Crippen molar-refractivity contribution in [2.75, 3.05) is 13.2 Å². The minimum atomic E-state index is -0.451. The van der Waals surface area contributed by atoms with Gasteiger partial charge in [0.05, 0.1) is 6.10 Å². The molecule has 5 heteroatoms. The molecule has 1 aliphatic heterocycles. The molecule has 120 valence electrons. The summed E-state index contributed by atoms with van der Waals surface area (Å²) in [4.78, 5) is 10.9. The maximum atomic E-state index is 10.9. The zero-order valence-electron chi connectivity index (χ0n) is 12.7. The van der Waals surface area contributed by atoms with Crippen LogP contribution in [0.2, 0.25) is 0 Å². The standard InChI is InChI=1S/C16H28N2O3/c19-16(18-20)9-6-13-4-7-15(8-5-13)21-12-10-14-3-1-2-11-17-14/h6,9,13-15,17,20H,1-5,7-8,10-12H2,(H,18,19)/b9-6+. The number of ether oxygens (including phenoxy) is 1. The molecule has 5 nitrogen and oxygen atoms in total. The van der Waals surface area contributed by atoms with Crippen molar-refractivity contribution in [3.8, 4) is 0 Å². The molecule has 2 aliphatic rings. The normalized spacial score (nSPS) is 30.4. The number of nitrogens with one attached hydrogen (secondary N) is 2. The summed E-state index contributed by atoms with van der Waals surface area (Å²) in [7, 11) is 0. The molecule has 0 bridgehead atoms. The molecule has 1 saturated heterocycles. The van der Waals surface area contributed by atoms with Crippen LogP contribution >= 0.6 is 0 Å². The van der Waals surface area contributed by atoms with Gasteiger partial charge in [0, 0.05) is 18.7 Å². The monoisotopic (exact) mass is 296 g/mol. The number of hydrogen-bond donors (Lipinski definition) is 3. The van der Waals surface area contributed by atoms with Gasteiger partial charge in [-0.15, -0.1) is 0 Å². The Morgan fingerprint density at radius 3 is 2.71 bits per heavy atom. The van der Waals surface area contributed by atoms with Crippen LogP contribution in [0.4, 0.5) is 0 Å². The molecular weight excluding hydrogens is 268 g/mol. The summed E-state index contributed by atoms with van der Waals surface area (Å²) in [6.45, 7) is 2.01. The smallest absolute Gasteiger partial charge is 0.267 e. The maximum absolute atomic E-state index is 10.9. The molecule has 0 aromatic heterocycles. The topological polar surface area (TPSA) is 70.6 Å². The highest BCUT2D eigenvalue weighted by Gasteiger charge is 2.20. The third-order valence-electron chi connectivity index (χ3n) is 4.58. The summed E-state index contributed by atoms with van der Waals surface area (Å²) in [6, 6.07) is 0.648. The van der Waals surface area contributed by atoms with Crippen LogP contribution in [0.15, 0.2) is 12.2 Å². The van der Waals surface area contributed by atoms with E-state index in [4.69, 9.17) is 9.94 Å². The molecular formula is C16H28N2O3. The van der Waals surface area contributed by atoms with Gasteiger partial charge in [0.2, 0.25) is 0 Å². The average Bonchev–Trinajstić information content (AvgIpc) is 2.55. The van der Waals surface area contributed by atoms with Crippen LogP contribution in [-0.4, -0.2) is 36.4 Å². The first-order valence-electron chi connectivity index (χ1n) is 8.25. The highest BCUT2D eigenvalue weighted by molar-refractivity contribution is 5.86. The van der Waals surface area contributed by atoms with Gasteiger partial charge in [0.15, 0.2) is 0 Å². The molecule has 1 atom stereocenters. The van der Waals surface area contributed by atoms with Gasteiger partial charge in [0.1, 0.15) is 0 Å². The van der Waals surface area contributed by atoms with Gasteiger partial charge in [0.25, 0.3) is 5.91 Å². The molecule has 1 amide bonds. The highest BCUT2D eigenvalue weighted by atomic mass is 16.5. The molecule has 0 spiro atoms. The second-order valence-corrected chi connectivity index (χ2v) is 6.18. The molecule has 1 unspecified atom stereocenters. The van der Waals surface area contributed by atoms with Crippen LogP contribution in [0.1, 0.15) is 51.4 Å². The molecule has 2 rings (SSSR count). The zero-order valence-corrected chi connectivity index (χ0v) is 12.7. The third-order valence-corrected chi connectivity index (χ3v) is 4.58. The number of hydrogen-bond acceptors (Lipinski definition) is 4. The minimum absolute atomic E-state index is 0.380. The van der Waals surface area contributed by atoms with E-state index < -0.39 is 5.91 Å². The SMILES string of the molecule is O=C(/C=C/C1CCC(OCCC2CCCCN2)CC1)NO. The predicted molar refractivity (Wildman–Crippen MR) is 81.0 cm³/mol. The quantitative estimate of drug-likeness (QED) is 0.399. The number of piperidine rings is 1. The van der Waals surface area contributed by atoms with Crippen molar-refractivity contribution >= 4 is 5.91 Å². The van der Waals surface area contributed by atoms with Gasteiger partial charge < -0.3 is 10.1 Å². The molecule has 3 N–H and O–H groups in total. The van der Waals surface area contributed by atoms with E-state index in [0.29, 0.717) is 18.1 Å². The van der Waals surface area contributed by atoms with Gasteiger partial charge >= 0.3 is 0 Å². The van der Waals surface area contributed by atoms with E-state index in [2.05, 4.69) is 5.32 Å². The number of amides is 1. The molecule has 2 fully saturated rings. The van der Waals surface area contributed by atoms with E-state index in [1.54, 1.807) is 5.48 Å². The van der Waals surface area contributed by atoms with Gasteiger partial charge in [-0.05, 0) is 57.4 Å². The van der Waals surface area contributed by atoms with E-state index in [-0.39, 0.29) is 0 Å². The van der Waals surface area contributed by atoms with Crippen molar-refractivity contribution < 1.29 is 14.7 Å². The lowest BCUT2D eigenvalue weighted by Gasteiger charge is -2.28. The third kappa shape index (κ3) is 6.16. The van der Waals surface area contributed by atoms with Crippen LogP contribution < -0.4 is 10.8 Å². The summed E-state index contributed by atoms with van der Waals surface area (Å²) in [6.07, 6.45) is 13.0. The number of allylic oxidation sites excluding steroid dienone is 1. The summed E-state index contributed by atoms with van der Waals surface area (Å²) in [5.41, 5.74) is 1.62. The van der Waals surface area contributed by atoms with Gasteiger partial charge in [-0.2, -0.15) is 0 Å². The fourth-order valence-corrected chi connectivity index (χ4v) is 3.26. The van der Waals surface area contributed by atoms with Crippen LogP contribution in [0.3, 0.4) is 0 Å². The Balaban J connectivity index is 1.56. The molecule has 0 aromatic rings. The Labute approximate surface area is 127 Å². The Hall–Kier alpha value is -0.910. The molecule has 21 heavy (non-hydrogen) atoms. The van der Waals surface area contributed by atoms with Crippen LogP contribution in [0.25, 0.3) is 0 Å². The Bertz CT molecular complexity index is 332. The molecule has 0 aromatic carbocycles. The fraction of sp³-hybridized carbons (Fsp3) is 0.812. The van der Waals surface area contributed by atoms with Gasteiger partial charge in [-0.25, -0.2) is 5.48 Å². The van der Waals surface area contributed by atoms with E-state index >= 15 is 0 Å². The molecule has 1 saturated carbocycles. The number of rotatable bonds is 6. The summed E-state index contributed by atoms with van der Waals surface area (Å²) < 4.78 is 6.00.